The molecule has 11 heteroatoms. The van der Waals surface area contributed by atoms with Crippen molar-refractivity contribution in [1.82, 2.24) is 9.88 Å². The molecule has 0 unspecified atom stereocenters. The molecule has 1 aromatic heterocycles. The van der Waals surface area contributed by atoms with E-state index in [-0.39, 0.29) is 33.3 Å². The predicted octanol–water partition coefficient (Wildman–Crippen LogP) is 3.24. The van der Waals surface area contributed by atoms with Gasteiger partial charge in [0.1, 0.15) is 11.1 Å². The van der Waals surface area contributed by atoms with E-state index in [0.29, 0.717) is 11.8 Å². The normalized spacial score (nSPS) is 13.3. The Morgan fingerprint density at radius 1 is 1.23 bits per heavy atom. The summed E-state index contributed by atoms with van der Waals surface area (Å²) >= 11 is 0.695. The van der Waals surface area contributed by atoms with Crippen LogP contribution in [0.3, 0.4) is 0 Å². The molecule has 1 aliphatic heterocycles. The van der Waals surface area contributed by atoms with E-state index in [9.17, 15) is 27.6 Å². The number of nitrogens with zero attached hydrogens (tertiary/aromatic N) is 3. The van der Waals surface area contributed by atoms with Crippen molar-refractivity contribution in [3.05, 3.63) is 52.2 Å². The fraction of sp³-hybridized carbons (Fsp3) is 0.211. The smallest absolute Gasteiger partial charge is 0.325 e. The highest BCUT2D eigenvalue weighted by Crippen LogP contribution is 2.36. The number of alkyl halides is 3. The molecule has 0 saturated heterocycles. The molecule has 30 heavy (non-hydrogen) atoms. The van der Waals surface area contributed by atoms with Gasteiger partial charge in [-0.25, -0.2) is 4.98 Å². The maximum atomic E-state index is 13.2. The summed E-state index contributed by atoms with van der Waals surface area (Å²) in [5, 5.41) is 11.5. The number of hydrogen-bond acceptors (Lipinski definition) is 6. The second-order valence-corrected chi connectivity index (χ2v) is 7.33. The molecule has 0 fully saturated rings. The lowest BCUT2D eigenvalue weighted by molar-refractivity contribution is -0.138. The van der Waals surface area contributed by atoms with Crippen LogP contribution in [0.4, 0.5) is 18.9 Å². The number of aryl methyl sites for hydroxylation is 1. The van der Waals surface area contributed by atoms with E-state index >= 15 is 0 Å². The Balaban J connectivity index is 1.75. The summed E-state index contributed by atoms with van der Waals surface area (Å²) in [5.74, 6) is -1.83. The fourth-order valence-corrected chi connectivity index (χ4v) is 3.70. The number of carbonyl (C=O) groups excluding carboxylic acids is 3. The Labute approximate surface area is 172 Å². The van der Waals surface area contributed by atoms with E-state index < -0.39 is 35.0 Å². The van der Waals surface area contributed by atoms with Crippen molar-refractivity contribution in [1.29, 1.82) is 5.26 Å². The number of rotatable bonds is 4. The Morgan fingerprint density at radius 3 is 2.53 bits per heavy atom. The second kappa shape index (κ2) is 7.79. The third-order valence-corrected chi connectivity index (χ3v) is 5.22. The number of fused-ring (bicyclic) bond motifs is 1. The van der Waals surface area contributed by atoms with Gasteiger partial charge in [-0.15, -0.1) is 0 Å². The molecule has 0 atom stereocenters. The topological polar surface area (TPSA) is 103 Å². The number of thioether (sulfide) groups is 1. The van der Waals surface area contributed by atoms with Crippen molar-refractivity contribution in [3.8, 4) is 6.07 Å². The summed E-state index contributed by atoms with van der Waals surface area (Å²) in [6.07, 6.45) is -4.72. The summed E-state index contributed by atoms with van der Waals surface area (Å²) in [6.45, 7) is 1.36. The molecule has 0 aliphatic carbocycles. The molecule has 0 radical (unpaired) electrons. The Hall–Kier alpha value is -3.39. The van der Waals surface area contributed by atoms with Gasteiger partial charge in [0.05, 0.1) is 28.0 Å². The van der Waals surface area contributed by atoms with E-state index in [0.717, 1.165) is 11.0 Å². The van der Waals surface area contributed by atoms with Crippen molar-refractivity contribution in [2.75, 3.05) is 18.1 Å². The molecule has 0 saturated carbocycles. The van der Waals surface area contributed by atoms with Crippen LogP contribution in [0.15, 0.2) is 29.3 Å². The van der Waals surface area contributed by atoms with Crippen LogP contribution in [0.25, 0.3) is 0 Å². The van der Waals surface area contributed by atoms with Gasteiger partial charge in [0.25, 0.3) is 11.8 Å². The fourth-order valence-electron chi connectivity index (χ4n) is 2.85. The van der Waals surface area contributed by atoms with Gasteiger partial charge in [-0.1, -0.05) is 11.8 Å². The molecule has 2 aromatic rings. The molecular weight excluding hydrogens is 421 g/mol. The number of aromatic nitrogens is 1. The van der Waals surface area contributed by atoms with Crippen LogP contribution in [0.1, 0.15) is 37.5 Å². The first-order chi connectivity index (χ1) is 14.0. The van der Waals surface area contributed by atoms with Gasteiger partial charge in [0.2, 0.25) is 5.91 Å². The molecule has 2 heterocycles. The average molecular weight is 434 g/mol. The summed E-state index contributed by atoms with van der Waals surface area (Å²) in [7, 11) is 1.34. The number of imide groups is 1. The van der Waals surface area contributed by atoms with Crippen molar-refractivity contribution in [2.45, 2.75) is 18.1 Å². The lowest BCUT2D eigenvalue weighted by atomic mass is 10.1. The standard InChI is InChI=1S/C19H13F3N4O3S/c1-9-5-14(19(20,21)22)13(7-23)16(24-9)30-8-15(27)25-10-3-4-11-12(6-10)18(29)26(2)17(11)28/h3-6H,8H2,1-2H3,(H,25,27). The van der Waals surface area contributed by atoms with Crippen molar-refractivity contribution in [3.63, 3.8) is 0 Å². The molecule has 1 aliphatic rings. The zero-order chi connectivity index (χ0) is 22.2. The SMILES string of the molecule is Cc1cc(C(F)(F)F)c(C#N)c(SCC(=O)Nc2ccc3c(c2)C(=O)N(C)C3=O)n1. The molecule has 3 amide bonds. The van der Waals surface area contributed by atoms with Crippen molar-refractivity contribution < 1.29 is 27.6 Å². The number of hydrogen-bond donors (Lipinski definition) is 1. The van der Waals surface area contributed by atoms with E-state index in [1.807, 2.05) is 0 Å². The highest BCUT2D eigenvalue weighted by molar-refractivity contribution is 8.00. The molecule has 154 valence electrons. The lowest BCUT2D eigenvalue weighted by Crippen LogP contribution is -2.24. The second-order valence-electron chi connectivity index (χ2n) is 6.37. The molecule has 0 bridgehead atoms. The predicted molar refractivity (Wildman–Crippen MR) is 101 cm³/mol. The maximum absolute atomic E-state index is 13.2. The first kappa shape index (κ1) is 21.3. The summed E-state index contributed by atoms with van der Waals surface area (Å²) in [5.41, 5.74) is -1.06. The number of pyridine rings is 1. The minimum atomic E-state index is -4.72. The van der Waals surface area contributed by atoms with Crippen molar-refractivity contribution >= 4 is 35.2 Å². The molecule has 7 nitrogen and oxygen atoms in total. The van der Waals surface area contributed by atoms with Gasteiger partial charge in [0.15, 0.2) is 0 Å². The molecule has 3 rings (SSSR count). The molecule has 1 N–H and O–H groups in total. The summed E-state index contributed by atoms with van der Waals surface area (Å²) < 4.78 is 39.5. The van der Waals surface area contributed by atoms with Gasteiger partial charge in [-0.3, -0.25) is 19.3 Å². The maximum Gasteiger partial charge on any atom is 0.417 e. The monoisotopic (exact) mass is 434 g/mol. The third-order valence-electron chi connectivity index (χ3n) is 4.24. The number of anilines is 1. The van der Waals surface area contributed by atoms with Gasteiger partial charge in [0, 0.05) is 18.4 Å². The first-order valence-corrected chi connectivity index (χ1v) is 9.39. The zero-order valence-corrected chi connectivity index (χ0v) is 16.4. The van der Waals surface area contributed by atoms with E-state index in [4.69, 9.17) is 5.26 Å². The highest BCUT2D eigenvalue weighted by Gasteiger charge is 2.36. The van der Waals surface area contributed by atoms with E-state index in [2.05, 4.69) is 10.3 Å². The highest BCUT2D eigenvalue weighted by atomic mass is 32.2. The van der Waals surface area contributed by atoms with Crippen molar-refractivity contribution in [2.24, 2.45) is 0 Å². The van der Waals surface area contributed by atoms with Crippen LogP contribution in [-0.2, 0) is 11.0 Å². The van der Waals surface area contributed by atoms with Gasteiger partial charge < -0.3 is 5.32 Å². The average Bonchev–Trinajstić information content (AvgIpc) is 2.89. The first-order valence-electron chi connectivity index (χ1n) is 8.41. The summed E-state index contributed by atoms with van der Waals surface area (Å²) in [4.78, 5) is 41.1. The number of halogens is 3. The third kappa shape index (κ3) is 3.99. The molecule has 0 spiro atoms. The lowest BCUT2D eigenvalue weighted by Gasteiger charge is -2.12. The summed E-state index contributed by atoms with van der Waals surface area (Å²) in [6, 6.07) is 6.49. The Bertz CT molecular complexity index is 1130. The van der Waals surface area contributed by atoms with E-state index in [1.165, 1.54) is 38.2 Å². The van der Waals surface area contributed by atoms with Gasteiger partial charge in [-0.2, -0.15) is 18.4 Å². The number of amides is 3. The van der Waals surface area contributed by atoms with Crippen LogP contribution in [0.2, 0.25) is 0 Å². The zero-order valence-electron chi connectivity index (χ0n) is 15.6. The van der Waals surface area contributed by atoms with E-state index in [1.54, 1.807) is 0 Å². The largest absolute Gasteiger partial charge is 0.417 e. The Morgan fingerprint density at radius 2 is 1.90 bits per heavy atom. The van der Waals surface area contributed by atoms with Gasteiger partial charge >= 0.3 is 6.18 Å². The van der Waals surface area contributed by atoms with Crippen LogP contribution in [0.5, 0.6) is 0 Å². The molecular formula is C19H13F3N4O3S. The number of nitriles is 1. The number of carbonyl (C=O) groups is 3. The quantitative estimate of drug-likeness (QED) is 0.585. The van der Waals surface area contributed by atoms with Crippen LogP contribution in [-0.4, -0.2) is 40.4 Å². The molecule has 1 aromatic carbocycles. The number of benzene rings is 1. The minimum absolute atomic E-state index is 0.0650. The van der Waals surface area contributed by atoms with Crippen LogP contribution in [0, 0.1) is 18.3 Å². The minimum Gasteiger partial charge on any atom is -0.325 e. The number of nitrogens with one attached hydrogen (secondary N) is 1. The van der Waals surface area contributed by atoms with Crippen LogP contribution >= 0.6 is 11.8 Å². The van der Waals surface area contributed by atoms with Crippen LogP contribution < -0.4 is 5.32 Å². The van der Waals surface area contributed by atoms with Gasteiger partial charge in [-0.05, 0) is 31.2 Å². The Kier molecular flexibility index (Phi) is 5.54.